The number of carboxylic acids is 1. The van der Waals surface area contributed by atoms with Crippen molar-refractivity contribution >= 4 is 80.7 Å². The second-order valence-electron chi connectivity index (χ2n) is 19.0. The Kier molecular flexibility index (Phi) is 18.3. The normalized spacial score (nSPS) is 29.2. The Balaban J connectivity index is 1.67. The first-order chi connectivity index (χ1) is 34.6. The van der Waals surface area contributed by atoms with E-state index in [1.54, 1.807) is 13.8 Å². The molecule has 0 spiro atoms. The molecule has 0 radical (unpaired) electrons. The molecule has 2 aromatic rings. The van der Waals surface area contributed by atoms with Crippen molar-refractivity contribution in [3.05, 3.63) is 23.8 Å². The largest absolute Gasteiger partial charge is 0.481 e. The fourth-order valence-corrected chi connectivity index (χ4v) is 11.0. The van der Waals surface area contributed by atoms with Crippen LogP contribution < -0.4 is 47.7 Å². The number of nitrogens with two attached hydrogens (primary N) is 1. The Labute approximate surface area is 420 Å². The first-order valence-electron chi connectivity index (χ1n) is 24.1. The molecule has 400 valence electrons. The SMILES string of the molecule is CC[C@H](C)[C@@H]1NC(=O)CNC(=O)C2Cc3c4[nH]c5cc(ccc35)OC(CCCCCC(=O)O)(C(=O)[C@H](CC(N)=O)NC(=O)C(C[S@@]4=O)NC(=O)CNC1=O)N1CC(O)C[C@H]1C(=O)N[C@@H]([C@@H](C)[C@@H](O)CO)C(=O)N2. The molecule has 0 aliphatic carbocycles. The number of aromatic amines is 1. The van der Waals surface area contributed by atoms with Crippen LogP contribution in [0.1, 0.15) is 77.7 Å². The molecule has 5 aliphatic rings. The van der Waals surface area contributed by atoms with E-state index >= 15 is 4.79 Å². The molecule has 5 aliphatic heterocycles. The number of fused-ring (bicyclic) bond motifs is 7. The number of carbonyl (C=O) groups is 10. The summed E-state index contributed by atoms with van der Waals surface area (Å²) in [4.78, 5) is 144. The van der Waals surface area contributed by atoms with Crippen LogP contribution in [0.25, 0.3) is 10.9 Å². The Bertz CT molecular complexity index is 2520. The first-order valence-corrected chi connectivity index (χ1v) is 25.4. The number of aliphatic hydroxyl groups excluding tert-OH is 3. The molecule has 8 amide bonds. The lowest BCUT2D eigenvalue weighted by Gasteiger charge is -2.45. The van der Waals surface area contributed by atoms with Gasteiger partial charge in [0.2, 0.25) is 58.8 Å². The van der Waals surface area contributed by atoms with Gasteiger partial charge >= 0.3 is 5.97 Å². The van der Waals surface area contributed by atoms with E-state index in [9.17, 15) is 67.8 Å². The number of carbonyl (C=O) groups excluding carboxylic acids is 9. The number of aliphatic carboxylic acids is 1. The predicted molar refractivity (Wildman–Crippen MR) is 255 cm³/mol. The molecular formula is C46H64N10O16S. The van der Waals surface area contributed by atoms with Crippen molar-refractivity contribution in [2.45, 2.75) is 138 Å². The van der Waals surface area contributed by atoms with Crippen LogP contribution in [0.5, 0.6) is 5.75 Å². The summed E-state index contributed by atoms with van der Waals surface area (Å²) in [5.41, 5.74) is 3.51. The van der Waals surface area contributed by atoms with Crippen LogP contribution in [-0.2, 0) is 65.2 Å². The molecule has 8 bridgehead atoms. The van der Waals surface area contributed by atoms with E-state index in [2.05, 4.69) is 42.2 Å². The molecule has 6 heterocycles. The van der Waals surface area contributed by atoms with Crippen molar-refractivity contribution in [1.29, 1.82) is 0 Å². The zero-order valence-electron chi connectivity index (χ0n) is 40.5. The Morgan fingerprint density at radius 1 is 0.877 bits per heavy atom. The van der Waals surface area contributed by atoms with Gasteiger partial charge in [0.1, 0.15) is 41.0 Å². The number of aromatic nitrogens is 1. The minimum absolute atomic E-state index is 0.00711. The van der Waals surface area contributed by atoms with E-state index in [-0.39, 0.29) is 52.9 Å². The second kappa shape index (κ2) is 24.0. The summed E-state index contributed by atoms with van der Waals surface area (Å²) in [6, 6.07) is -5.86. The van der Waals surface area contributed by atoms with Crippen molar-refractivity contribution in [3.63, 3.8) is 0 Å². The molecule has 4 unspecified atom stereocenters. The number of amides is 8. The summed E-state index contributed by atoms with van der Waals surface area (Å²) >= 11 is 0. The van der Waals surface area contributed by atoms with Crippen molar-refractivity contribution < 1.29 is 77.3 Å². The Hall–Kier alpha value is -6.55. The third kappa shape index (κ3) is 13.0. The fourth-order valence-electron chi connectivity index (χ4n) is 9.57. The van der Waals surface area contributed by atoms with Crippen LogP contribution >= 0.6 is 0 Å². The fraction of sp³-hybridized carbons (Fsp3) is 0.609. The number of rotatable bonds is 13. The summed E-state index contributed by atoms with van der Waals surface area (Å²) in [6.07, 6.45) is -5.00. The number of hydrogen-bond acceptors (Lipinski definition) is 16. The number of carboxylic acid groups (broad SMARTS) is 1. The van der Waals surface area contributed by atoms with Gasteiger partial charge in [-0.2, -0.15) is 0 Å². The van der Waals surface area contributed by atoms with Gasteiger partial charge in [-0.3, -0.25) is 52.2 Å². The maximum Gasteiger partial charge on any atom is 0.303 e. The molecule has 27 heteroatoms. The van der Waals surface area contributed by atoms with Gasteiger partial charge in [0.25, 0.3) is 0 Å². The van der Waals surface area contributed by atoms with Gasteiger partial charge in [0.15, 0.2) is 0 Å². The van der Waals surface area contributed by atoms with Crippen LogP contribution in [0, 0.1) is 11.8 Å². The standard InChI is InChI=1S/C46H64N10O16S/c1-4-21(2)37-43(69)49-16-34(61)50-30-20-73(71)45-26-14-29(40(66)48-17-35(62)54-37)52-44(70)38(22(3)32(59)19-57)55-42(68)31-12-23(58)18-56(31)46(11-7-5-6-8-36(63)64,39(65)28(15-33(47)60)51-41(30)67)72-24-9-10-25(26)27(13-24)53-45/h9-10,13,21-23,28-32,37-38,53,57-59H,4-8,11-12,14-20H2,1-3H3,(H2,47,60)(H,48,66)(H,49,69)(H,50,61)(H,51,67)(H,52,70)(H,54,62)(H,55,68)(H,63,64)/t21-,22-,23?,28-,29?,30?,31-,32-,37-,38-,46?,73-/m0/s1. The topological polar surface area (TPSA) is 407 Å². The van der Waals surface area contributed by atoms with Gasteiger partial charge in [-0.05, 0) is 42.9 Å². The number of nitrogens with one attached hydrogen (secondary N) is 8. The van der Waals surface area contributed by atoms with Crippen LogP contribution in [0.3, 0.4) is 0 Å². The van der Waals surface area contributed by atoms with E-state index in [1.807, 2.05) is 0 Å². The number of nitrogens with zero attached hydrogens (tertiary/aromatic N) is 1. The van der Waals surface area contributed by atoms with Crippen molar-refractivity contribution in [3.8, 4) is 5.75 Å². The molecular weight excluding hydrogens is 981 g/mol. The minimum atomic E-state index is -2.48. The number of primary amides is 1. The lowest BCUT2D eigenvalue weighted by Crippen LogP contribution is -2.68. The molecule has 1 fully saturated rings. The van der Waals surface area contributed by atoms with E-state index in [0.29, 0.717) is 6.42 Å². The zero-order chi connectivity index (χ0) is 53.5. The molecule has 1 saturated heterocycles. The minimum Gasteiger partial charge on any atom is -0.481 e. The smallest absolute Gasteiger partial charge is 0.303 e. The highest BCUT2D eigenvalue weighted by Crippen LogP contribution is 2.39. The lowest BCUT2D eigenvalue weighted by molar-refractivity contribution is -0.166. The van der Waals surface area contributed by atoms with Crippen molar-refractivity contribution in [1.82, 2.24) is 47.1 Å². The van der Waals surface area contributed by atoms with Crippen LogP contribution in [-0.4, -0.2) is 180 Å². The first kappa shape index (κ1) is 55.8. The maximum absolute atomic E-state index is 15.8. The Morgan fingerprint density at radius 2 is 1.58 bits per heavy atom. The van der Waals surface area contributed by atoms with E-state index in [4.69, 9.17) is 10.5 Å². The second-order valence-corrected chi connectivity index (χ2v) is 20.4. The molecule has 1 aromatic heterocycles. The van der Waals surface area contributed by atoms with Crippen molar-refractivity contribution in [2.24, 2.45) is 17.6 Å². The predicted octanol–water partition coefficient (Wildman–Crippen LogP) is -4.46. The number of aliphatic hydroxyl groups is 3. The van der Waals surface area contributed by atoms with E-state index < -0.39 is 194 Å². The Morgan fingerprint density at radius 3 is 2.25 bits per heavy atom. The molecule has 7 rings (SSSR count). The number of ether oxygens (including phenoxy) is 1. The van der Waals surface area contributed by atoms with Gasteiger partial charge in [-0.15, -0.1) is 0 Å². The molecule has 1 aromatic carbocycles. The monoisotopic (exact) mass is 1040 g/mol. The number of H-pyrrole nitrogens is 1. The summed E-state index contributed by atoms with van der Waals surface area (Å²) in [6.45, 7) is 1.76. The van der Waals surface area contributed by atoms with E-state index in [1.165, 1.54) is 30.0 Å². The van der Waals surface area contributed by atoms with Gasteiger partial charge < -0.3 is 73.1 Å². The highest BCUT2D eigenvalue weighted by atomic mass is 32.2. The van der Waals surface area contributed by atoms with E-state index in [0.717, 1.165) is 0 Å². The molecule has 73 heavy (non-hydrogen) atoms. The number of unbranched alkanes of at least 4 members (excludes halogenated alkanes) is 2. The molecule has 0 saturated carbocycles. The summed E-state index contributed by atoms with van der Waals surface area (Å²) in [7, 11) is -2.38. The van der Waals surface area contributed by atoms with Crippen LogP contribution in [0.15, 0.2) is 23.2 Å². The zero-order valence-corrected chi connectivity index (χ0v) is 41.3. The molecule has 12 atom stereocenters. The lowest BCUT2D eigenvalue weighted by atomic mass is 9.89. The van der Waals surface area contributed by atoms with Crippen LogP contribution in [0.4, 0.5) is 0 Å². The average molecular weight is 1050 g/mol. The summed E-state index contributed by atoms with van der Waals surface area (Å²) in [5.74, 6) is -13.0. The van der Waals surface area contributed by atoms with Gasteiger partial charge in [0, 0.05) is 43.2 Å². The highest BCUT2D eigenvalue weighted by Gasteiger charge is 2.57. The number of benzene rings is 1. The molecule has 26 nitrogen and oxygen atoms in total. The highest BCUT2D eigenvalue weighted by molar-refractivity contribution is 7.85. The van der Waals surface area contributed by atoms with Gasteiger partial charge in [0.05, 0.1) is 66.4 Å². The quantitative estimate of drug-likeness (QED) is 0.0842. The number of Topliss-reactive ketones (excluding diaryl/α,β-unsaturated/α-hetero) is 1. The van der Waals surface area contributed by atoms with Crippen LogP contribution in [0.2, 0.25) is 0 Å². The average Bonchev–Trinajstić information content (AvgIpc) is 3.92. The molecule has 14 N–H and O–H groups in total. The van der Waals surface area contributed by atoms with Gasteiger partial charge in [-0.1, -0.05) is 33.6 Å². The summed E-state index contributed by atoms with van der Waals surface area (Å²) < 4.78 is 21.6. The number of hydrogen-bond donors (Lipinski definition) is 13. The summed E-state index contributed by atoms with van der Waals surface area (Å²) in [5, 5.41) is 59.5. The third-order valence-electron chi connectivity index (χ3n) is 13.8. The maximum atomic E-state index is 15.8. The van der Waals surface area contributed by atoms with Crippen molar-refractivity contribution in [2.75, 3.05) is 32.0 Å². The van der Waals surface area contributed by atoms with Gasteiger partial charge in [-0.25, -0.2) is 4.90 Å². The number of ketones is 1. The third-order valence-corrected chi connectivity index (χ3v) is 15.2.